The summed E-state index contributed by atoms with van der Waals surface area (Å²) in [5.41, 5.74) is 5.45. The average Bonchev–Trinajstić information content (AvgIpc) is 2.05. The van der Waals surface area contributed by atoms with E-state index in [0.717, 1.165) is 6.21 Å². The van der Waals surface area contributed by atoms with Crippen LogP contribution in [0.3, 0.4) is 0 Å². The molecule has 0 spiro atoms. The maximum Gasteiger partial charge on any atom is 0.494 e. The van der Waals surface area contributed by atoms with Crippen LogP contribution in [0.4, 0.5) is 4.79 Å². The first-order chi connectivity index (χ1) is 5.75. The highest BCUT2D eigenvalue weighted by atomic mass is 16.4. The van der Waals surface area contributed by atoms with Crippen molar-refractivity contribution in [3.63, 3.8) is 0 Å². The molecule has 0 aliphatic rings. The molecule has 3 N–H and O–H groups in total. The number of amides is 1. The fourth-order valence-corrected chi connectivity index (χ4v) is 0.821. The van der Waals surface area contributed by atoms with E-state index in [1.165, 1.54) is 10.8 Å². The van der Waals surface area contributed by atoms with Crippen molar-refractivity contribution in [3.05, 3.63) is 30.1 Å². The highest BCUT2D eigenvalue weighted by Crippen LogP contribution is 1.85. The molecule has 0 aliphatic carbocycles. The number of rotatable bonds is 1. The Hall–Kier alpha value is -1.91. The number of nitrogens with two attached hydrogens (primary N) is 1. The van der Waals surface area contributed by atoms with Crippen LogP contribution in [-0.2, 0) is 0 Å². The van der Waals surface area contributed by atoms with E-state index in [0.29, 0.717) is 5.69 Å². The predicted octanol–water partition coefficient (Wildman–Crippen LogP) is -0.291. The lowest BCUT2D eigenvalue weighted by molar-refractivity contribution is -0.570. The van der Waals surface area contributed by atoms with Crippen LogP contribution in [0.2, 0.25) is 0 Å². The molecule has 12 heavy (non-hydrogen) atoms. The van der Waals surface area contributed by atoms with Crippen molar-refractivity contribution in [2.24, 2.45) is 10.9 Å². The first kappa shape index (κ1) is 8.19. The Kier molecular flexibility index (Phi) is 2.37. The maximum atomic E-state index is 10.7. The van der Waals surface area contributed by atoms with E-state index < -0.39 is 6.03 Å². The SMILES string of the molecule is NC(=O)[n+]1ccccc1C=NO. The Morgan fingerprint density at radius 3 is 3.00 bits per heavy atom. The highest BCUT2D eigenvalue weighted by Gasteiger charge is 2.09. The van der Waals surface area contributed by atoms with E-state index in [9.17, 15) is 4.79 Å². The van der Waals surface area contributed by atoms with Gasteiger partial charge in [-0.05, 0) is 12.1 Å². The van der Waals surface area contributed by atoms with Gasteiger partial charge in [0.1, 0.15) is 12.4 Å². The summed E-state index contributed by atoms with van der Waals surface area (Å²) in [5.74, 6) is 0. The highest BCUT2D eigenvalue weighted by molar-refractivity contribution is 5.76. The number of oxime groups is 1. The third-order valence-electron chi connectivity index (χ3n) is 1.32. The van der Waals surface area contributed by atoms with E-state index in [4.69, 9.17) is 10.9 Å². The second-order valence-corrected chi connectivity index (χ2v) is 2.08. The zero-order valence-electron chi connectivity index (χ0n) is 6.21. The van der Waals surface area contributed by atoms with Crippen LogP contribution in [0.15, 0.2) is 29.6 Å². The van der Waals surface area contributed by atoms with Gasteiger partial charge in [-0.2, -0.15) is 9.36 Å². The third kappa shape index (κ3) is 1.57. The molecule has 0 fully saturated rings. The van der Waals surface area contributed by atoms with Crippen LogP contribution in [0.25, 0.3) is 0 Å². The molecule has 1 rings (SSSR count). The van der Waals surface area contributed by atoms with Gasteiger partial charge >= 0.3 is 6.03 Å². The minimum absolute atomic E-state index is 0.424. The molecule has 1 heterocycles. The van der Waals surface area contributed by atoms with Crippen molar-refractivity contribution in [2.45, 2.75) is 0 Å². The molecule has 0 aromatic carbocycles. The zero-order valence-corrected chi connectivity index (χ0v) is 6.21. The molecule has 5 nitrogen and oxygen atoms in total. The van der Waals surface area contributed by atoms with E-state index in [2.05, 4.69) is 5.16 Å². The van der Waals surface area contributed by atoms with Crippen LogP contribution in [0.1, 0.15) is 5.69 Å². The summed E-state index contributed by atoms with van der Waals surface area (Å²) in [5, 5.41) is 11.0. The summed E-state index contributed by atoms with van der Waals surface area (Å²) >= 11 is 0. The zero-order chi connectivity index (χ0) is 8.97. The molecule has 62 valence electrons. The molecule has 5 heteroatoms. The molecule has 0 radical (unpaired) electrons. The van der Waals surface area contributed by atoms with Crippen molar-refractivity contribution in [2.75, 3.05) is 0 Å². The summed E-state index contributed by atoms with van der Waals surface area (Å²) in [4.78, 5) is 10.7. The molecule has 0 saturated carbocycles. The van der Waals surface area contributed by atoms with Gasteiger partial charge in [0.2, 0.25) is 0 Å². The lowest BCUT2D eigenvalue weighted by atomic mass is 10.3. The van der Waals surface area contributed by atoms with E-state index in [-0.39, 0.29) is 0 Å². The molecular formula is C7H8N3O2+. The van der Waals surface area contributed by atoms with Crippen LogP contribution >= 0.6 is 0 Å². The second kappa shape index (κ2) is 3.47. The Morgan fingerprint density at radius 2 is 2.42 bits per heavy atom. The molecule has 0 aliphatic heterocycles. The lowest BCUT2D eigenvalue weighted by Gasteiger charge is -1.94. The van der Waals surface area contributed by atoms with E-state index >= 15 is 0 Å². The molecular weight excluding hydrogens is 158 g/mol. The minimum Gasteiger partial charge on any atom is -0.411 e. The Bertz CT molecular complexity index is 322. The molecule has 1 amide bonds. The van der Waals surface area contributed by atoms with Crippen LogP contribution in [-0.4, -0.2) is 17.5 Å². The van der Waals surface area contributed by atoms with Gasteiger partial charge in [0.15, 0.2) is 5.69 Å². The van der Waals surface area contributed by atoms with Gasteiger partial charge in [-0.25, -0.2) is 0 Å². The number of aromatic nitrogens is 1. The normalized spacial score (nSPS) is 10.3. The fourth-order valence-electron chi connectivity index (χ4n) is 0.821. The maximum absolute atomic E-state index is 10.7. The van der Waals surface area contributed by atoms with Gasteiger partial charge < -0.3 is 5.21 Å². The molecule has 1 aromatic heterocycles. The van der Waals surface area contributed by atoms with Gasteiger partial charge in [0, 0.05) is 0 Å². The summed E-state index contributed by atoms with van der Waals surface area (Å²) in [6.45, 7) is 0. The largest absolute Gasteiger partial charge is 0.494 e. The molecule has 0 unspecified atom stereocenters. The smallest absolute Gasteiger partial charge is 0.411 e. The van der Waals surface area contributed by atoms with Gasteiger partial charge in [-0.3, -0.25) is 5.73 Å². The molecule has 0 saturated heterocycles. The molecule has 0 atom stereocenters. The van der Waals surface area contributed by atoms with E-state index in [1.807, 2.05) is 0 Å². The topological polar surface area (TPSA) is 79.6 Å². The van der Waals surface area contributed by atoms with Gasteiger partial charge in [0.25, 0.3) is 0 Å². The number of primary amides is 1. The number of carbonyl (C=O) groups excluding carboxylic acids is 1. The number of pyridine rings is 1. The van der Waals surface area contributed by atoms with Gasteiger partial charge in [-0.1, -0.05) is 11.2 Å². The average molecular weight is 166 g/mol. The third-order valence-corrected chi connectivity index (χ3v) is 1.32. The number of carbonyl (C=O) groups is 1. The Labute approximate surface area is 68.7 Å². The van der Waals surface area contributed by atoms with Crippen molar-refractivity contribution >= 4 is 12.2 Å². The first-order valence-corrected chi connectivity index (χ1v) is 3.23. The molecule has 1 aromatic rings. The van der Waals surface area contributed by atoms with Crippen molar-refractivity contribution in [1.82, 2.24) is 0 Å². The van der Waals surface area contributed by atoms with Crippen molar-refractivity contribution < 1.29 is 14.6 Å². The van der Waals surface area contributed by atoms with Gasteiger partial charge in [-0.15, -0.1) is 0 Å². The van der Waals surface area contributed by atoms with Gasteiger partial charge in [0.05, 0.1) is 0 Å². The number of nitrogens with zero attached hydrogens (tertiary/aromatic N) is 2. The van der Waals surface area contributed by atoms with Crippen LogP contribution in [0, 0.1) is 0 Å². The summed E-state index contributed by atoms with van der Waals surface area (Å²) in [6, 6.07) is 4.34. The minimum atomic E-state index is -0.620. The van der Waals surface area contributed by atoms with Crippen molar-refractivity contribution in [1.29, 1.82) is 0 Å². The van der Waals surface area contributed by atoms with Crippen LogP contribution < -0.4 is 10.3 Å². The Balaban J connectivity index is 3.17. The van der Waals surface area contributed by atoms with Crippen LogP contribution in [0.5, 0.6) is 0 Å². The second-order valence-electron chi connectivity index (χ2n) is 2.08. The summed E-state index contributed by atoms with van der Waals surface area (Å²) < 4.78 is 1.17. The lowest BCUT2D eigenvalue weighted by Crippen LogP contribution is -2.50. The number of hydrogen-bond acceptors (Lipinski definition) is 3. The first-order valence-electron chi connectivity index (χ1n) is 3.23. The van der Waals surface area contributed by atoms with Crippen molar-refractivity contribution in [3.8, 4) is 0 Å². The van der Waals surface area contributed by atoms with E-state index in [1.54, 1.807) is 18.2 Å². The fraction of sp³-hybridized carbons (Fsp3) is 0. The predicted molar refractivity (Wildman–Crippen MR) is 41.0 cm³/mol. The standard InChI is InChI=1S/C7H7N3O2/c8-7(11)10-4-2-1-3-6(10)5-9-12/h1-5H,(H2,8,11)/p+1. The molecule has 0 bridgehead atoms. The summed E-state index contributed by atoms with van der Waals surface area (Å²) in [6.07, 6.45) is 2.62. The Morgan fingerprint density at radius 1 is 1.67 bits per heavy atom. The number of hydrogen-bond donors (Lipinski definition) is 2. The monoisotopic (exact) mass is 166 g/mol. The quantitative estimate of drug-likeness (QED) is 0.260. The summed E-state index contributed by atoms with van der Waals surface area (Å²) in [7, 11) is 0.